The highest BCUT2D eigenvalue weighted by Gasteiger charge is 2.16. The summed E-state index contributed by atoms with van der Waals surface area (Å²) in [5.41, 5.74) is 2.44. The van der Waals surface area contributed by atoms with Gasteiger partial charge < -0.3 is 5.32 Å². The van der Waals surface area contributed by atoms with Crippen molar-refractivity contribution in [3.8, 4) is 0 Å². The van der Waals surface area contributed by atoms with Gasteiger partial charge in [-0.3, -0.25) is 9.48 Å². The Balaban J connectivity index is 1.65. The van der Waals surface area contributed by atoms with E-state index < -0.39 is 9.73 Å². The lowest BCUT2D eigenvalue weighted by molar-refractivity contribution is -0.115. The van der Waals surface area contributed by atoms with Crippen molar-refractivity contribution in [2.24, 2.45) is 0 Å². The van der Waals surface area contributed by atoms with E-state index in [1.165, 1.54) is 18.4 Å². The van der Waals surface area contributed by atoms with Crippen molar-refractivity contribution in [1.29, 1.82) is 4.78 Å². The molecule has 3 aromatic carbocycles. The van der Waals surface area contributed by atoms with Crippen molar-refractivity contribution >= 4 is 43.8 Å². The second-order valence-electron chi connectivity index (χ2n) is 7.52. The molecule has 1 aromatic heterocycles. The lowest BCUT2D eigenvalue weighted by Crippen LogP contribution is -2.15. The van der Waals surface area contributed by atoms with Crippen LogP contribution >= 0.6 is 11.6 Å². The number of anilines is 1. The zero-order valence-electron chi connectivity index (χ0n) is 17.1. The Bertz CT molecular complexity index is 1420. The number of rotatable bonds is 6. The quantitative estimate of drug-likeness (QED) is 0.411. The van der Waals surface area contributed by atoms with E-state index in [0.717, 1.165) is 5.56 Å². The Kier molecular flexibility index (Phi) is 5.99. The van der Waals surface area contributed by atoms with Crippen LogP contribution in [0.15, 0.2) is 71.8 Å². The topological polar surface area (TPSA) is 87.8 Å². The fourth-order valence-corrected chi connectivity index (χ4v) is 4.54. The molecular formula is C23H20ClFN4O2S. The van der Waals surface area contributed by atoms with Crippen molar-refractivity contribution in [3.05, 3.63) is 88.8 Å². The molecule has 4 aromatic rings. The number of carbonyl (C=O) groups is 1. The summed E-state index contributed by atoms with van der Waals surface area (Å²) in [6.45, 7) is 0.380. The maximum absolute atomic E-state index is 13.2. The van der Waals surface area contributed by atoms with E-state index in [1.807, 2.05) is 0 Å². The van der Waals surface area contributed by atoms with Crippen LogP contribution < -0.4 is 5.32 Å². The van der Waals surface area contributed by atoms with Crippen LogP contribution in [-0.4, -0.2) is 26.2 Å². The van der Waals surface area contributed by atoms with E-state index in [-0.39, 0.29) is 23.0 Å². The second-order valence-corrected chi connectivity index (χ2v) is 10.1. The first-order valence-electron chi connectivity index (χ1n) is 9.72. The lowest BCUT2D eigenvalue weighted by atomic mass is 10.1. The minimum Gasteiger partial charge on any atom is -0.326 e. The van der Waals surface area contributed by atoms with Crippen molar-refractivity contribution in [3.63, 3.8) is 0 Å². The van der Waals surface area contributed by atoms with Crippen LogP contribution in [0.3, 0.4) is 0 Å². The third-order valence-electron chi connectivity index (χ3n) is 4.90. The molecule has 0 saturated carbocycles. The molecule has 1 atom stereocenters. The fourth-order valence-electron chi connectivity index (χ4n) is 3.41. The number of nitrogens with zero attached hydrogens (tertiary/aromatic N) is 2. The molecule has 0 radical (unpaired) electrons. The van der Waals surface area contributed by atoms with Crippen LogP contribution in [0, 0.1) is 10.6 Å². The number of amides is 1. The first kappa shape index (κ1) is 22.0. The van der Waals surface area contributed by atoms with Crippen LogP contribution in [0.4, 0.5) is 10.1 Å². The molecule has 32 heavy (non-hydrogen) atoms. The average Bonchev–Trinajstić information content (AvgIpc) is 3.12. The van der Waals surface area contributed by atoms with Gasteiger partial charge in [-0.15, -0.1) is 0 Å². The summed E-state index contributed by atoms with van der Waals surface area (Å²) in [7, 11) is -3.09. The number of aromatic nitrogens is 2. The number of benzene rings is 3. The molecule has 2 N–H and O–H groups in total. The number of hydrogen-bond acceptors (Lipinski definition) is 4. The van der Waals surface area contributed by atoms with Gasteiger partial charge in [-0.25, -0.2) is 13.4 Å². The highest BCUT2D eigenvalue weighted by molar-refractivity contribution is 7.92. The molecule has 1 amide bonds. The van der Waals surface area contributed by atoms with Crippen LogP contribution in [0.1, 0.15) is 11.1 Å². The van der Waals surface area contributed by atoms with E-state index in [4.69, 9.17) is 16.4 Å². The van der Waals surface area contributed by atoms with Gasteiger partial charge in [-0.2, -0.15) is 5.10 Å². The normalized spacial score (nSPS) is 13.1. The molecule has 164 valence electrons. The van der Waals surface area contributed by atoms with Gasteiger partial charge in [0.05, 0.1) is 33.1 Å². The van der Waals surface area contributed by atoms with E-state index in [1.54, 1.807) is 59.4 Å². The molecule has 0 aliphatic carbocycles. The van der Waals surface area contributed by atoms with Crippen LogP contribution in [-0.2, 0) is 27.5 Å². The Morgan fingerprint density at radius 1 is 1.19 bits per heavy atom. The third-order valence-corrected chi connectivity index (χ3v) is 6.45. The predicted molar refractivity (Wildman–Crippen MR) is 124 cm³/mol. The second kappa shape index (κ2) is 8.72. The Labute approximate surface area is 190 Å². The van der Waals surface area contributed by atoms with Gasteiger partial charge in [0.15, 0.2) is 0 Å². The minimum atomic E-state index is -3.09. The molecule has 4 rings (SSSR count). The number of nitrogens with one attached hydrogen (secondary N) is 2. The third kappa shape index (κ3) is 4.98. The molecule has 0 bridgehead atoms. The summed E-state index contributed by atoms with van der Waals surface area (Å²) in [6.07, 6.45) is 3.11. The predicted octanol–water partition coefficient (Wildman–Crippen LogP) is 5.09. The van der Waals surface area contributed by atoms with Crippen molar-refractivity contribution in [1.82, 2.24) is 9.78 Å². The first-order valence-corrected chi connectivity index (χ1v) is 12.1. The molecule has 0 aliphatic rings. The highest BCUT2D eigenvalue weighted by atomic mass is 35.5. The average molecular weight is 471 g/mol. The van der Waals surface area contributed by atoms with E-state index in [9.17, 15) is 13.4 Å². The standard InChI is InChI=1S/C23H20ClFN4O2S/c1-32(26,31)22-12-18(27-23(30)10-16-4-2-3-5-20(16)24)11-21-19(22)14-29(28-21)13-15-6-8-17(25)9-7-15/h2-9,11-12,14,26H,10,13H2,1H3,(H,27,30)/t32-/m0/s1. The maximum Gasteiger partial charge on any atom is 0.228 e. The highest BCUT2D eigenvalue weighted by Crippen LogP contribution is 2.28. The number of hydrogen-bond donors (Lipinski definition) is 2. The Hall–Kier alpha value is -3.23. The van der Waals surface area contributed by atoms with Crippen LogP contribution in [0.2, 0.25) is 5.02 Å². The Morgan fingerprint density at radius 3 is 2.59 bits per heavy atom. The molecule has 9 heteroatoms. The van der Waals surface area contributed by atoms with E-state index >= 15 is 0 Å². The number of fused-ring (bicyclic) bond motifs is 1. The van der Waals surface area contributed by atoms with Crippen LogP contribution in [0.25, 0.3) is 10.9 Å². The van der Waals surface area contributed by atoms with Crippen molar-refractivity contribution in [2.75, 3.05) is 11.6 Å². The molecule has 0 saturated heterocycles. The zero-order valence-corrected chi connectivity index (χ0v) is 18.7. The zero-order chi connectivity index (χ0) is 22.9. The summed E-state index contributed by atoms with van der Waals surface area (Å²) in [5, 5.41) is 8.37. The molecular weight excluding hydrogens is 451 g/mol. The van der Waals surface area contributed by atoms with Crippen LogP contribution in [0.5, 0.6) is 0 Å². The largest absolute Gasteiger partial charge is 0.326 e. The van der Waals surface area contributed by atoms with Gasteiger partial charge in [0.25, 0.3) is 0 Å². The molecule has 0 fully saturated rings. The molecule has 0 unspecified atom stereocenters. The number of halogens is 2. The summed E-state index contributed by atoms with van der Waals surface area (Å²) >= 11 is 6.14. The smallest absolute Gasteiger partial charge is 0.228 e. The molecule has 6 nitrogen and oxygen atoms in total. The van der Waals surface area contributed by atoms with E-state index in [2.05, 4.69) is 10.4 Å². The summed E-state index contributed by atoms with van der Waals surface area (Å²) < 4.78 is 35.6. The molecule has 1 heterocycles. The van der Waals surface area contributed by atoms with Gasteiger partial charge in [0.2, 0.25) is 5.91 Å². The Morgan fingerprint density at radius 2 is 1.91 bits per heavy atom. The van der Waals surface area contributed by atoms with Crippen molar-refractivity contribution in [2.45, 2.75) is 17.9 Å². The first-order chi connectivity index (χ1) is 15.2. The van der Waals surface area contributed by atoms with Gasteiger partial charge in [0, 0.05) is 28.5 Å². The van der Waals surface area contributed by atoms with Gasteiger partial charge >= 0.3 is 0 Å². The van der Waals surface area contributed by atoms with Gasteiger partial charge in [-0.1, -0.05) is 41.9 Å². The van der Waals surface area contributed by atoms with Gasteiger partial charge in [0.1, 0.15) is 5.82 Å². The minimum absolute atomic E-state index is 0.0778. The van der Waals surface area contributed by atoms with Gasteiger partial charge in [-0.05, 0) is 41.5 Å². The summed E-state index contributed by atoms with van der Waals surface area (Å²) in [6, 6.07) is 16.4. The SMILES string of the molecule is C[S@](=N)(=O)c1cc(NC(=O)Cc2ccccc2Cl)cc2nn(Cc3ccc(F)cc3)cc12. The summed E-state index contributed by atoms with van der Waals surface area (Å²) in [4.78, 5) is 12.8. The fraction of sp³-hybridized carbons (Fsp3) is 0.130. The summed E-state index contributed by atoms with van der Waals surface area (Å²) in [5.74, 6) is -0.611. The number of carbonyl (C=O) groups excluding carboxylic acids is 1. The molecule has 0 spiro atoms. The lowest BCUT2D eigenvalue weighted by Gasteiger charge is -2.09. The molecule has 0 aliphatic heterocycles. The monoisotopic (exact) mass is 470 g/mol. The van der Waals surface area contributed by atoms with E-state index in [0.29, 0.717) is 33.7 Å². The maximum atomic E-state index is 13.2. The van der Waals surface area contributed by atoms with Crippen molar-refractivity contribution < 1.29 is 13.4 Å².